The third-order valence-corrected chi connectivity index (χ3v) is 4.74. The summed E-state index contributed by atoms with van der Waals surface area (Å²) in [7, 11) is 0. The topological polar surface area (TPSA) is 88.0 Å². The van der Waals surface area contributed by atoms with Gasteiger partial charge in [0.05, 0.1) is 16.8 Å². The lowest BCUT2D eigenvalue weighted by Gasteiger charge is -2.24. The number of carboxylic acid groups (broad SMARTS) is 1. The van der Waals surface area contributed by atoms with Crippen molar-refractivity contribution < 1.29 is 9.90 Å². The number of aromatic nitrogens is 3. The lowest BCUT2D eigenvalue weighted by molar-refractivity contribution is 0.0696. The van der Waals surface area contributed by atoms with Gasteiger partial charge in [-0.3, -0.25) is 4.98 Å². The van der Waals surface area contributed by atoms with Crippen LogP contribution in [0.25, 0.3) is 11.3 Å². The Bertz CT molecular complexity index is 715. The number of thioether (sulfide) groups is 1. The molecule has 0 aromatic carbocycles. The molecule has 6 nitrogen and oxygen atoms in total. The van der Waals surface area contributed by atoms with E-state index < -0.39 is 5.97 Å². The van der Waals surface area contributed by atoms with Crippen LogP contribution in [-0.2, 0) is 0 Å². The van der Waals surface area contributed by atoms with Crippen LogP contribution in [0, 0.1) is 0 Å². The molecule has 3 rings (SSSR count). The van der Waals surface area contributed by atoms with E-state index in [1.165, 1.54) is 37.2 Å². The summed E-state index contributed by atoms with van der Waals surface area (Å²) in [6.45, 7) is 0. The van der Waals surface area contributed by atoms with E-state index in [4.69, 9.17) is 5.11 Å². The van der Waals surface area contributed by atoms with E-state index in [9.17, 15) is 4.79 Å². The van der Waals surface area contributed by atoms with Crippen molar-refractivity contribution in [1.29, 1.82) is 0 Å². The van der Waals surface area contributed by atoms with E-state index in [0.717, 1.165) is 24.2 Å². The molecule has 1 saturated carbocycles. The molecule has 0 bridgehead atoms. The molecule has 0 saturated heterocycles. The lowest BCUT2D eigenvalue weighted by Crippen LogP contribution is -2.23. The van der Waals surface area contributed by atoms with Crippen molar-refractivity contribution in [3.05, 3.63) is 30.1 Å². The Balaban J connectivity index is 1.91. The Morgan fingerprint density at radius 1 is 1.21 bits per heavy atom. The Morgan fingerprint density at radius 2 is 2.00 bits per heavy atom. The van der Waals surface area contributed by atoms with Crippen molar-refractivity contribution >= 4 is 23.5 Å². The molecule has 0 radical (unpaired) electrons. The Morgan fingerprint density at radius 3 is 2.62 bits per heavy atom. The molecule has 126 valence electrons. The normalized spacial score (nSPS) is 15.2. The first kappa shape index (κ1) is 16.7. The predicted octanol–water partition coefficient (Wildman–Crippen LogP) is 3.70. The van der Waals surface area contributed by atoms with Gasteiger partial charge in [-0.05, 0) is 31.2 Å². The predicted molar refractivity (Wildman–Crippen MR) is 94.5 cm³/mol. The summed E-state index contributed by atoms with van der Waals surface area (Å²) in [6, 6.07) is 3.67. The minimum atomic E-state index is -0.983. The van der Waals surface area contributed by atoms with Gasteiger partial charge in [-0.2, -0.15) is 0 Å². The van der Waals surface area contributed by atoms with Gasteiger partial charge in [0.15, 0.2) is 5.16 Å². The molecule has 2 aromatic heterocycles. The molecule has 0 atom stereocenters. The van der Waals surface area contributed by atoms with Crippen LogP contribution in [0.2, 0.25) is 0 Å². The molecule has 1 aliphatic carbocycles. The van der Waals surface area contributed by atoms with E-state index in [2.05, 4.69) is 20.3 Å². The molecule has 0 aliphatic heterocycles. The van der Waals surface area contributed by atoms with Gasteiger partial charge in [0.2, 0.25) is 0 Å². The number of aromatic carboxylic acids is 1. The summed E-state index contributed by atoms with van der Waals surface area (Å²) in [5.74, 6) is -0.208. The number of hydrogen-bond donors (Lipinski definition) is 2. The van der Waals surface area contributed by atoms with Crippen molar-refractivity contribution in [3.63, 3.8) is 0 Å². The molecule has 0 unspecified atom stereocenters. The van der Waals surface area contributed by atoms with Crippen molar-refractivity contribution in [2.24, 2.45) is 0 Å². The maximum absolute atomic E-state index is 11.0. The van der Waals surface area contributed by atoms with Crippen LogP contribution in [0.4, 0.5) is 5.82 Å². The maximum atomic E-state index is 11.0. The van der Waals surface area contributed by atoms with Crippen LogP contribution < -0.4 is 5.32 Å². The van der Waals surface area contributed by atoms with Gasteiger partial charge in [-0.15, -0.1) is 0 Å². The average Bonchev–Trinajstić information content (AvgIpc) is 2.62. The molecule has 0 spiro atoms. The highest BCUT2D eigenvalue weighted by molar-refractivity contribution is 7.98. The molecule has 1 aliphatic rings. The van der Waals surface area contributed by atoms with E-state index >= 15 is 0 Å². The summed E-state index contributed by atoms with van der Waals surface area (Å²) in [5.41, 5.74) is 1.64. The maximum Gasteiger partial charge on any atom is 0.337 e. The first-order chi connectivity index (χ1) is 11.7. The van der Waals surface area contributed by atoms with E-state index in [1.807, 2.05) is 6.26 Å². The number of carboxylic acids is 1. The van der Waals surface area contributed by atoms with Crippen molar-refractivity contribution in [1.82, 2.24) is 15.0 Å². The summed E-state index contributed by atoms with van der Waals surface area (Å²) >= 11 is 1.49. The molecular weight excluding hydrogens is 324 g/mol. The standard InChI is InChI=1S/C17H20N4O2S/c1-24-17-19-10-13(14-8-7-11(9-18-14)16(22)23)15(21-17)20-12-5-3-2-4-6-12/h7-10,12H,2-6H2,1H3,(H,22,23)(H,19,20,21). The quantitative estimate of drug-likeness (QED) is 0.631. The highest BCUT2D eigenvalue weighted by Crippen LogP contribution is 2.29. The van der Waals surface area contributed by atoms with Gasteiger partial charge in [-0.1, -0.05) is 31.0 Å². The van der Waals surface area contributed by atoms with E-state index in [1.54, 1.807) is 18.3 Å². The minimum Gasteiger partial charge on any atom is -0.478 e. The third kappa shape index (κ3) is 3.84. The highest BCUT2D eigenvalue weighted by Gasteiger charge is 2.17. The summed E-state index contributed by atoms with van der Waals surface area (Å²) in [5, 5.41) is 13.3. The second-order valence-corrected chi connectivity index (χ2v) is 6.61. The molecule has 2 N–H and O–H groups in total. The average molecular weight is 344 g/mol. The van der Waals surface area contributed by atoms with Gasteiger partial charge < -0.3 is 10.4 Å². The lowest BCUT2D eigenvalue weighted by atomic mass is 9.95. The second-order valence-electron chi connectivity index (χ2n) is 5.84. The van der Waals surface area contributed by atoms with Gasteiger partial charge in [-0.25, -0.2) is 14.8 Å². The van der Waals surface area contributed by atoms with E-state index in [-0.39, 0.29) is 5.56 Å². The molecule has 2 heterocycles. The molecule has 2 aromatic rings. The zero-order valence-corrected chi connectivity index (χ0v) is 14.3. The number of pyridine rings is 1. The fraction of sp³-hybridized carbons (Fsp3) is 0.412. The summed E-state index contributed by atoms with van der Waals surface area (Å²) < 4.78 is 0. The fourth-order valence-corrected chi connectivity index (χ4v) is 3.22. The Labute approximate surface area is 145 Å². The van der Waals surface area contributed by atoms with Crippen molar-refractivity contribution in [3.8, 4) is 11.3 Å². The third-order valence-electron chi connectivity index (χ3n) is 4.18. The molecular formula is C17H20N4O2S. The van der Waals surface area contributed by atoms with E-state index in [0.29, 0.717) is 16.9 Å². The first-order valence-corrected chi connectivity index (χ1v) is 9.27. The first-order valence-electron chi connectivity index (χ1n) is 8.04. The van der Waals surface area contributed by atoms with Crippen molar-refractivity contribution in [2.75, 3.05) is 11.6 Å². The Kier molecular flexibility index (Phi) is 5.30. The summed E-state index contributed by atoms with van der Waals surface area (Å²) in [4.78, 5) is 24.2. The molecule has 0 amide bonds. The second kappa shape index (κ2) is 7.61. The highest BCUT2D eigenvalue weighted by atomic mass is 32.2. The molecule has 24 heavy (non-hydrogen) atoms. The zero-order valence-electron chi connectivity index (χ0n) is 13.5. The largest absolute Gasteiger partial charge is 0.478 e. The molecule has 7 heteroatoms. The smallest absolute Gasteiger partial charge is 0.337 e. The van der Waals surface area contributed by atoms with Crippen molar-refractivity contribution in [2.45, 2.75) is 43.3 Å². The monoisotopic (exact) mass is 344 g/mol. The SMILES string of the molecule is CSc1ncc(-c2ccc(C(=O)O)cn2)c(NC2CCCCC2)n1. The number of hydrogen-bond acceptors (Lipinski definition) is 6. The van der Waals surface area contributed by atoms with Gasteiger partial charge in [0.25, 0.3) is 0 Å². The van der Waals surface area contributed by atoms with Gasteiger partial charge >= 0.3 is 5.97 Å². The van der Waals surface area contributed by atoms with Crippen LogP contribution in [0.1, 0.15) is 42.5 Å². The van der Waals surface area contributed by atoms with Crippen LogP contribution >= 0.6 is 11.8 Å². The molecule has 1 fully saturated rings. The number of nitrogens with zero attached hydrogens (tertiary/aromatic N) is 3. The zero-order chi connectivity index (χ0) is 16.9. The van der Waals surface area contributed by atoms with Gasteiger partial charge in [0, 0.05) is 18.4 Å². The van der Waals surface area contributed by atoms with Crippen LogP contribution in [-0.4, -0.2) is 38.3 Å². The number of carbonyl (C=O) groups is 1. The van der Waals surface area contributed by atoms with Gasteiger partial charge in [0.1, 0.15) is 5.82 Å². The Hall–Kier alpha value is -2.15. The minimum absolute atomic E-state index is 0.169. The number of nitrogens with one attached hydrogen (secondary N) is 1. The number of anilines is 1. The van der Waals surface area contributed by atoms with Crippen LogP contribution in [0.15, 0.2) is 29.7 Å². The fourth-order valence-electron chi connectivity index (χ4n) is 2.88. The number of rotatable bonds is 5. The van der Waals surface area contributed by atoms with Crippen LogP contribution in [0.5, 0.6) is 0 Å². The van der Waals surface area contributed by atoms with Crippen LogP contribution in [0.3, 0.4) is 0 Å². The summed E-state index contributed by atoms with van der Waals surface area (Å²) in [6.07, 6.45) is 11.1.